The minimum absolute atomic E-state index is 0.324. The van der Waals surface area contributed by atoms with Crippen molar-refractivity contribution < 1.29 is 14.3 Å². The van der Waals surface area contributed by atoms with Gasteiger partial charge in [-0.3, -0.25) is 4.79 Å². The van der Waals surface area contributed by atoms with Gasteiger partial charge in [-0.05, 0) is 35.0 Å². The van der Waals surface area contributed by atoms with Gasteiger partial charge in [0.2, 0.25) is 0 Å². The Morgan fingerprint density at radius 1 is 1.00 bits per heavy atom. The lowest BCUT2D eigenvalue weighted by Gasteiger charge is -2.09. The predicted octanol–water partition coefficient (Wildman–Crippen LogP) is 4.50. The van der Waals surface area contributed by atoms with Crippen molar-refractivity contribution in [3.05, 3.63) is 75.8 Å². The summed E-state index contributed by atoms with van der Waals surface area (Å²) in [4.78, 5) is 31.3. The van der Waals surface area contributed by atoms with Crippen LogP contribution in [0.25, 0.3) is 21.5 Å². The van der Waals surface area contributed by atoms with Gasteiger partial charge in [0.15, 0.2) is 6.61 Å². The van der Waals surface area contributed by atoms with Crippen molar-refractivity contribution in [2.45, 2.75) is 6.54 Å². The molecule has 0 radical (unpaired) electrons. The minimum atomic E-state index is -0.539. The Morgan fingerprint density at radius 2 is 1.82 bits per heavy atom. The van der Waals surface area contributed by atoms with E-state index >= 15 is 0 Å². The summed E-state index contributed by atoms with van der Waals surface area (Å²) in [6.07, 6.45) is 0. The van der Waals surface area contributed by atoms with E-state index in [0.717, 1.165) is 9.75 Å². The topological polar surface area (TPSA) is 68.3 Å². The molecule has 0 spiro atoms. The van der Waals surface area contributed by atoms with Gasteiger partial charge in [0, 0.05) is 10.3 Å². The number of hydrogen-bond donors (Lipinski definition) is 1. The zero-order chi connectivity index (χ0) is 19.3. The van der Waals surface area contributed by atoms with E-state index in [1.807, 2.05) is 59.3 Å². The summed E-state index contributed by atoms with van der Waals surface area (Å²) in [7, 11) is 0. The number of amides is 1. The highest BCUT2D eigenvalue weighted by molar-refractivity contribution is 7.13. The van der Waals surface area contributed by atoms with Crippen LogP contribution in [0.1, 0.15) is 15.2 Å². The molecule has 4 rings (SSSR count). The quantitative estimate of drug-likeness (QED) is 0.477. The number of fused-ring (bicyclic) bond motifs is 1. The highest BCUT2D eigenvalue weighted by atomic mass is 32.1. The van der Waals surface area contributed by atoms with E-state index in [1.165, 1.54) is 0 Å². The molecule has 4 aromatic rings. The third kappa shape index (κ3) is 4.11. The van der Waals surface area contributed by atoms with E-state index in [4.69, 9.17) is 4.74 Å². The van der Waals surface area contributed by atoms with Crippen LogP contribution in [0, 0.1) is 0 Å². The molecule has 0 aliphatic heterocycles. The van der Waals surface area contributed by atoms with Gasteiger partial charge in [0.25, 0.3) is 5.91 Å². The van der Waals surface area contributed by atoms with Gasteiger partial charge >= 0.3 is 5.97 Å². The van der Waals surface area contributed by atoms with E-state index in [0.29, 0.717) is 28.7 Å². The van der Waals surface area contributed by atoms with Crippen molar-refractivity contribution in [3.8, 4) is 10.6 Å². The van der Waals surface area contributed by atoms with Gasteiger partial charge in [-0.15, -0.1) is 22.7 Å². The van der Waals surface area contributed by atoms with Crippen molar-refractivity contribution in [2.75, 3.05) is 6.61 Å². The first-order valence-electron chi connectivity index (χ1n) is 8.60. The van der Waals surface area contributed by atoms with Crippen LogP contribution in [-0.4, -0.2) is 23.5 Å². The molecule has 0 aliphatic rings. The molecule has 0 saturated carbocycles. The number of thiophene rings is 2. The van der Waals surface area contributed by atoms with Gasteiger partial charge in [-0.1, -0.05) is 30.3 Å². The normalized spacial score (nSPS) is 10.7. The summed E-state index contributed by atoms with van der Waals surface area (Å²) in [6, 6.07) is 16.9. The molecule has 28 heavy (non-hydrogen) atoms. The van der Waals surface area contributed by atoms with E-state index in [2.05, 4.69) is 10.3 Å². The summed E-state index contributed by atoms with van der Waals surface area (Å²) in [5.74, 6) is -0.874. The number of benzene rings is 1. The molecule has 3 heterocycles. The fourth-order valence-electron chi connectivity index (χ4n) is 2.75. The number of nitrogens with one attached hydrogen (secondary N) is 1. The molecule has 5 nitrogen and oxygen atoms in total. The lowest BCUT2D eigenvalue weighted by Crippen LogP contribution is -2.28. The predicted molar refractivity (Wildman–Crippen MR) is 112 cm³/mol. The molecule has 0 fully saturated rings. The van der Waals surface area contributed by atoms with E-state index in [9.17, 15) is 9.59 Å². The summed E-state index contributed by atoms with van der Waals surface area (Å²) >= 11 is 3.11. The number of hydrogen-bond acceptors (Lipinski definition) is 6. The van der Waals surface area contributed by atoms with Crippen molar-refractivity contribution >= 4 is 45.5 Å². The monoisotopic (exact) mass is 408 g/mol. The summed E-state index contributed by atoms with van der Waals surface area (Å²) in [5, 5.41) is 7.35. The largest absolute Gasteiger partial charge is 0.452 e. The maximum absolute atomic E-state index is 12.7. The fourth-order valence-corrected chi connectivity index (χ4v) is 4.08. The van der Waals surface area contributed by atoms with Gasteiger partial charge in [0.05, 0.1) is 28.2 Å². The highest BCUT2D eigenvalue weighted by Crippen LogP contribution is 2.28. The zero-order valence-electron chi connectivity index (χ0n) is 14.8. The van der Waals surface area contributed by atoms with Crippen molar-refractivity contribution in [1.29, 1.82) is 0 Å². The Morgan fingerprint density at radius 3 is 2.61 bits per heavy atom. The first-order valence-corrected chi connectivity index (χ1v) is 10.4. The molecular formula is C21H16N2O3S2. The van der Waals surface area contributed by atoms with Crippen LogP contribution in [0.3, 0.4) is 0 Å². The molecule has 7 heteroatoms. The van der Waals surface area contributed by atoms with Crippen LogP contribution < -0.4 is 5.32 Å². The molecule has 0 bridgehead atoms. The lowest BCUT2D eigenvalue weighted by molar-refractivity contribution is -0.124. The fraction of sp³-hybridized carbons (Fsp3) is 0.0952. The minimum Gasteiger partial charge on any atom is -0.452 e. The van der Waals surface area contributed by atoms with Crippen LogP contribution in [0.15, 0.2) is 65.4 Å². The summed E-state index contributed by atoms with van der Waals surface area (Å²) in [6.45, 7) is 0.101. The molecule has 0 saturated heterocycles. The summed E-state index contributed by atoms with van der Waals surface area (Å²) < 4.78 is 5.27. The maximum atomic E-state index is 12.7. The van der Waals surface area contributed by atoms with Crippen LogP contribution in [-0.2, 0) is 16.1 Å². The molecule has 0 atom stereocenters. The highest BCUT2D eigenvalue weighted by Gasteiger charge is 2.16. The van der Waals surface area contributed by atoms with Crippen LogP contribution in [0.4, 0.5) is 0 Å². The molecule has 0 unspecified atom stereocenters. The second-order valence-corrected chi connectivity index (χ2v) is 7.96. The van der Waals surface area contributed by atoms with Crippen molar-refractivity contribution in [2.24, 2.45) is 0 Å². The first-order chi connectivity index (χ1) is 13.7. The van der Waals surface area contributed by atoms with Gasteiger partial charge in [-0.25, -0.2) is 9.78 Å². The summed E-state index contributed by atoms with van der Waals surface area (Å²) in [5.41, 5.74) is 1.82. The Bertz CT molecular complexity index is 1110. The van der Waals surface area contributed by atoms with Crippen LogP contribution in [0.5, 0.6) is 0 Å². The molecular weight excluding hydrogens is 392 g/mol. The molecule has 140 valence electrons. The Hall–Kier alpha value is -3.03. The van der Waals surface area contributed by atoms with E-state index < -0.39 is 5.97 Å². The number of pyridine rings is 1. The number of esters is 1. The number of carbonyl (C=O) groups excluding carboxylic acids is 2. The molecule has 3 aromatic heterocycles. The Balaban J connectivity index is 1.51. The number of para-hydroxylation sites is 1. The number of carbonyl (C=O) groups is 2. The smallest absolute Gasteiger partial charge is 0.339 e. The second kappa shape index (κ2) is 8.33. The molecule has 1 aromatic carbocycles. The average molecular weight is 409 g/mol. The third-order valence-electron chi connectivity index (χ3n) is 4.08. The number of nitrogens with zero attached hydrogens (tertiary/aromatic N) is 1. The Kier molecular flexibility index (Phi) is 5.45. The molecule has 1 amide bonds. The van der Waals surface area contributed by atoms with Crippen LogP contribution in [0.2, 0.25) is 0 Å². The van der Waals surface area contributed by atoms with Gasteiger partial charge in [-0.2, -0.15) is 0 Å². The van der Waals surface area contributed by atoms with E-state index in [-0.39, 0.29) is 12.5 Å². The third-order valence-corrected chi connectivity index (χ3v) is 5.85. The number of aromatic nitrogens is 1. The van der Waals surface area contributed by atoms with Crippen molar-refractivity contribution in [1.82, 2.24) is 10.3 Å². The van der Waals surface area contributed by atoms with Crippen molar-refractivity contribution in [3.63, 3.8) is 0 Å². The number of ether oxygens (including phenoxy) is 1. The standard InChI is InChI=1S/C21H16N2O3S2/c24-20(22-12-14-5-3-9-27-14)13-26-21(25)16-11-18(19-8-4-10-28-19)23-17-7-2-1-6-15(16)17/h1-11H,12-13H2,(H,22,24). The zero-order valence-corrected chi connectivity index (χ0v) is 16.4. The molecule has 1 N–H and O–H groups in total. The molecule has 0 aliphatic carbocycles. The SMILES string of the molecule is O=C(COC(=O)c1cc(-c2cccs2)nc2ccccc12)NCc1cccs1. The first kappa shape index (κ1) is 18.3. The van der Waals surface area contributed by atoms with Gasteiger partial charge < -0.3 is 10.1 Å². The lowest BCUT2D eigenvalue weighted by atomic mass is 10.1. The van der Waals surface area contributed by atoms with E-state index in [1.54, 1.807) is 28.7 Å². The maximum Gasteiger partial charge on any atom is 0.339 e. The van der Waals surface area contributed by atoms with Crippen LogP contribution >= 0.6 is 22.7 Å². The number of rotatable bonds is 6. The van der Waals surface area contributed by atoms with Gasteiger partial charge in [0.1, 0.15) is 0 Å². The average Bonchev–Trinajstić information content (AvgIpc) is 3.43. The Labute approximate surface area is 169 Å². The second-order valence-electron chi connectivity index (χ2n) is 5.98.